The number of aryl methyl sites for hydroxylation is 1. The van der Waals surface area contributed by atoms with Crippen molar-refractivity contribution in [1.82, 2.24) is 0 Å². The normalized spacial score (nSPS) is 13.4. The molecule has 2 amide bonds. The number of benzene rings is 2. The van der Waals surface area contributed by atoms with E-state index < -0.39 is 6.09 Å². The number of carbonyl (C=O) groups is 2. The van der Waals surface area contributed by atoms with Gasteiger partial charge in [-0.2, -0.15) is 0 Å². The number of ether oxygens (including phenoxy) is 1. The van der Waals surface area contributed by atoms with Gasteiger partial charge in [0.15, 0.2) is 0 Å². The lowest BCUT2D eigenvalue weighted by atomic mass is 10.0. The van der Waals surface area contributed by atoms with Crippen molar-refractivity contribution in [2.24, 2.45) is 0 Å². The molecule has 2 aromatic rings. The first kappa shape index (κ1) is 16.1. The summed E-state index contributed by atoms with van der Waals surface area (Å²) >= 11 is 0. The summed E-state index contributed by atoms with van der Waals surface area (Å²) in [5.41, 5.74) is 3.61. The first-order chi connectivity index (χ1) is 11.7. The lowest BCUT2D eigenvalue weighted by Crippen LogP contribution is -2.34. The van der Waals surface area contributed by atoms with Crippen molar-refractivity contribution in [3.05, 3.63) is 59.7 Å². The SMILES string of the molecule is CCN1C(=O)CCc2cc(NC(=O)OCc3ccccc3)ccc21. The Kier molecular flexibility index (Phi) is 4.79. The Morgan fingerprint density at radius 1 is 1.17 bits per heavy atom. The van der Waals surface area contributed by atoms with Crippen LogP contribution in [0.5, 0.6) is 0 Å². The Hall–Kier alpha value is -2.82. The Labute approximate surface area is 141 Å². The van der Waals surface area contributed by atoms with Crippen LogP contribution in [-0.4, -0.2) is 18.5 Å². The van der Waals surface area contributed by atoms with E-state index in [4.69, 9.17) is 4.74 Å². The van der Waals surface area contributed by atoms with Gasteiger partial charge in [0, 0.05) is 24.3 Å². The van der Waals surface area contributed by atoms with Gasteiger partial charge in [0.2, 0.25) is 5.91 Å². The molecule has 0 saturated carbocycles. The molecule has 0 unspecified atom stereocenters. The van der Waals surface area contributed by atoms with Crippen molar-refractivity contribution in [3.8, 4) is 0 Å². The van der Waals surface area contributed by atoms with Crippen molar-refractivity contribution >= 4 is 23.4 Å². The van der Waals surface area contributed by atoms with Gasteiger partial charge in [0.05, 0.1) is 0 Å². The van der Waals surface area contributed by atoms with Gasteiger partial charge in [-0.15, -0.1) is 0 Å². The fourth-order valence-corrected chi connectivity index (χ4v) is 2.86. The maximum absolute atomic E-state index is 11.9. The Balaban J connectivity index is 1.64. The van der Waals surface area contributed by atoms with Crippen LogP contribution in [-0.2, 0) is 22.6 Å². The van der Waals surface area contributed by atoms with E-state index in [1.54, 1.807) is 11.0 Å². The highest BCUT2D eigenvalue weighted by Crippen LogP contribution is 2.30. The van der Waals surface area contributed by atoms with Crippen LogP contribution in [0, 0.1) is 0 Å². The molecule has 0 atom stereocenters. The molecule has 0 aliphatic carbocycles. The zero-order valence-electron chi connectivity index (χ0n) is 13.6. The molecule has 1 heterocycles. The Bertz CT molecular complexity index is 744. The zero-order valence-corrected chi connectivity index (χ0v) is 13.6. The summed E-state index contributed by atoms with van der Waals surface area (Å²) in [4.78, 5) is 25.6. The molecule has 24 heavy (non-hydrogen) atoms. The molecule has 1 aliphatic heterocycles. The molecule has 0 radical (unpaired) electrons. The average Bonchev–Trinajstić information content (AvgIpc) is 2.61. The second-order valence-corrected chi connectivity index (χ2v) is 5.67. The highest BCUT2D eigenvalue weighted by molar-refractivity contribution is 5.97. The molecule has 2 aromatic carbocycles. The Morgan fingerprint density at radius 2 is 1.96 bits per heavy atom. The molecule has 0 fully saturated rings. The van der Waals surface area contributed by atoms with E-state index in [2.05, 4.69) is 5.32 Å². The van der Waals surface area contributed by atoms with E-state index in [1.165, 1.54) is 0 Å². The lowest BCUT2D eigenvalue weighted by Gasteiger charge is -2.28. The molecule has 5 nitrogen and oxygen atoms in total. The van der Waals surface area contributed by atoms with Gasteiger partial charge < -0.3 is 9.64 Å². The molecule has 0 aromatic heterocycles. The minimum absolute atomic E-state index is 0.146. The Morgan fingerprint density at radius 3 is 2.71 bits per heavy atom. The van der Waals surface area contributed by atoms with E-state index in [0.29, 0.717) is 25.1 Å². The first-order valence-electron chi connectivity index (χ1n) is 8.08. The number of amides is 2. The minimum Gasteiger partial charge on any atom is -0.444 e. The first-order valence-corrected chi connectivity index (χ1v) is 8.08. The van der Waals surface area contributed by atoms with Crippen LogP contribution in [0.3, 0.4) is 0 Å². The topological polar surface area (TPSA) is 58.6 Å². The summed E-state index contributed by atoms with van der Waals surface area (Å²) in [7, 11) is 0. The molecule has 124 valence electrons. The van der Waals surface area contributed by atoms with Gasteiger partial charge >= 0.3 is 6.09 Å². The predicted octanol–water partition coefficient (Wildman–Crippen LogP) is 3.73. The van der Waals surface area contributed by atoms with Crippen LogP contribution in [0.1, 0.15) is 24.5 Å². The largest absolute Gasteiger partial charge is 0.444 e. The second kappa shape index (κ2) is 7.17. The number of hydrogen-bond acceptors (Lipinski definition) is 3. The van der Waals surface area contributed by atoms with Crippen molar-refractivity contribution < 1.29 is 14.3 Å². The van der Waals surface area contributed by atoms with E-state index in [9.17, 15) is 9.59 Å². The minimum atomic E-state index is -0.488. The van der Waals surface area contributed by atoms with Crippen LogP contribution >= 0.6 is 0 Å². The maximum Gasteiger partial charge on any atom is 0.411 e. The predicted molar refractivity (Wildman–Crippen MR) is 93.0 cm³/mol. The smallest absolute Gasteiger partial charge is 0.411 e. The van der Waals surface area contributed by atoms with Gasteiger partial charge in [-0.25, -0.2) is 4.79 Å². The van der Waals surface area contributed by atoms with E-state index >= 15 is 0 Å². The number of anilines is 2. The summed E-state index contributed by atoms with van der Waals surface area (Å²) in [6.45, 7) is 2.84. The van der Waals surface area contributed by atoms with Gasteiger partial charge in [-0.3, -0.25) is 10.1 Å². The zero-order chi connectivity index (χ0) is 16.9. The molecule has 0 bridgehead atoms. The summed E-state index contributed by atoms with van der Waals surface area (Å²) in [5.74, 6) is 0.146. The van der Waals surface area contributed by atoms with Crippen molar-refractivity contribution in [2.75, 3.05) is 16.8 Å². The lowest BCUT2D eigenvalue weighted by molar-refractivity contribution is -0.118. The number of nitrogens with one attached hydrogen (secondary N) is 1. The highest BCUT2D eigenvalue weighted by atomic mass is 16.5. The molecule has 1 N–H and O–H groups in total. The fourth-order valence-electron chi connectivity index (χ4n) is 2.86. The quantitative estimate of drug-likeness (QED) is 0.932. The summed E-state index contributed by atoms with van der Waals surface area (Å²) in [6, 6.07) is 15.1. The summed E-state index contributed by atoms with van der Waals surface area (Å²) in [6.07, 6.45) is 0.708. The van der Waals surface area contributed by atoms with Gasteiger partial charge in [-0.05, 0) is 42.7 Å². The monoisotopic (exact) mass is 324 g/mol. The van der Waals surface area contributed by atoms with Crippen molar-refractivity contribution in [1.29, 1.82) is 0 Å². The van der Waals surface area contributed by atoms with Crippen molar-refractivity contribution in [2.45, 2.75) is 26.4 Å². The number of nitrogens with zero attached hydrogens (tertiary/aromatic N) is 1. The number of carbonyl (C=O) groups excluding carboxylic acids is 2. The van der Waals surface area contributed by atoms with Crippen LogP contribution < -0.4 is 10.2 Å². The number of fused-ring (bicyclic) bond motifs is 1. The number of hydrogen-bond donors (Lipinski definition) is 1. The second-order valence-electron chi connectivity index (χ2n) is 5.67. The van der Waals surface area contributed by atoms with Crippen LogP contribution in [0.4, 0.5) is 16.2 Å². The van der Waals surface area contributed by atoms with E-state index in [1.807, 2.05) is 49.4 Å². The van der Waals surface area contributed by atoms with Crippen LogP contribution in [0.15, 0.2) is 48.5 Å². The molecular weight excluding hydrogens is 304 g/mol. The standard InChI is InChI=1S/C19H20N2O3/c1-2-21-17-10-9-16(12-15(17)8-11-18(21)22)20-19(23)24-13-14-6-4-3-5-7-14/h3-7,9-10,12H,2,8,11,13H2,1H3,(H,20,23). The fraction of sp³-hybridized carbons (Fsp3) is 0.263. The van der Waals surface area contributed by atoms with E-state index in [-0.39, 0.29) is 12.5 Å². The summed E-state index contributed by atoms with van der Waals surface area (Å²) < 4.78 is 5.22. The third-order valence-electron chi connectivity index (χ3n) is 4.05. The van der Waals surface area contributed by atoms with Crippen molar-refractivity contribution in [3.63, 3.8) is 0 Å². The molecular formula is C19H20N2O3. The molecule has 3 rings (SSSR count). The molecule has 0 spiro atoms. The van der Waals surface area contributed by atoms with E-state index in [0.717, 1.165) is 16.8 Å². The van der Waals surface area contributed by atoms with Crippen LogP contribution in [0.25, 0.3) is 0 Å². The third-order valence-corrected chi connectivity index (χ3v) is 4.05. The molecule has 1 aliphatic rings. The van der Waals surface area contributed by atoms with Gasteiger partial charge in [0.25, 0.3) is 0 Å². The number of rotatable bonds is 4. The van der Waals surface area contributed by atoms with Crippen LogP contribution in [0.2, 0.25) is 0 Å². The molecule has 0 saturated heterocycles. The van der Waals surface area contributed by atoms with Gasteiger partial charge in [-0.1, -0.05) is 30.3 Å². The van der Waals surface area contributed by atoms with Gasteiger partial charge in [0.1, 0.15) is 6.61 Å². The third kappa shape index (κ3) is 3.56. The highest BCUT2D eigenvalue weighted by Gasteiger charge is 2.22. The summed E-state index contributed by atoms with van der Waals surface area (Å²) in [5, 5.41) is 2.74. The maximum atomic E-state index is 11.9. The molecule has 5 heteroatoms. The average molecular weight is 324 g/mol.